The Morgan fingerprint density at radius 2 is 2.03 bits per heavy atom. The van der Waals surface area contributed by atoms with Crippen molar-refractivity contribution in [3.05, 3.63) is 72.0 Å². The van der Waals surface area contributed by atoms with E-state index in [1.165, 1.54) is 0 Å². The SMILES string of the molecule is C=CN(CCCn1cc(C(C)=O)c2ccc(O)cc21)C1CC(Oc2ccc(Cl)cc2)CC1C. The minimum Gasteiger partial charge on any atom is -0.508 e. The maximum absolute atomic E-state index is 12.1. The third-order valence-electron chi connectivity index (χ3n) is 6.63. The first-order valence-electron chi connectivity index (χ1n) is 11.5. The van der Waals surface area contributed by atoms with Crippen LogP contribution in [0.4, 0.5) is 0 Å². The number of Topliss-reactive ketones (excluding diaryl/α,β-unsaturated/α-hetero) is 1. The van der Waals surface area contributed by atoms with E-state index < -0.39 is 0 Å². The number of rotatable bonds is 9. The molecule has 1 aliphatic rings. The summed E-state index contributed by atoms with van der Waals surface area (Å²) in [6, 6.07) is 13.1. The first-order chi connectivity index (χ1) is 15.9. The molecule has 0 spiro atoms. The summed E-state index contributed by atoms with van der Waals surface area (Å²) >= 11 is 5.98. The van der Waals surface area contributed by atoms with Crippen molar-refractivity contribution in [2.45, 2.75) is 51.8 Å². The van der Waals surface area contributed by atoms with Crippen LogP contribution < -0.4 is 4.74 Å². The molecule has 1 fully saturated rings. The van der Waals surface area contributed by atoms with E-state index in [0.29, 0.717) is 22.5 Å². The highest BCUT2D eigenvalue weighted by Gasteiger charge is 2.35. The van der Waals surface area contributed by atoms with Crippen LogP contribution in [-0.2, 0) is 6.54 Å². The Morgan fingerprint density at radius 3 is 2.73 bits per heavy atom. The number of hydrogen-bond acceptors (Lipinski definition) is 4. The van der Waals surface area contributed by atoms with Crippen LogP contribution >= 0.6 is 11.6 Å². The molecule has 174 valence electrons. The Balaban J connectivity index is 1.39. The fraction of sp³-hybridized carbons (Fsp3) is 0.370. The molecule has 3 atom stereocenters. The van der Waals surface area contributed by atoms with Crippen LogP contribution in [0.2, 0.25) is 5.02 Å². The monoisotopic (exact) mass is 466 g/mol. The standard InChI is InChI=1S/C27H31ClN2O3/c1-4-29(26-16-23(14-18(26)2)33-22-9-6-20(28)7-10-22)12-5-13-30-17-25(19(3)31)24-11-8-21(32)15-27(24)30/h4,6-11,15,17-18,23,26,32H,1,5,12-14,16H2,2-3H3. The molecule has 1 aromatic heterocycles. The predicted molar refractivity (Wildman–Crippen MR) is 133 cm³/mol. The normalized spacial score (nSPS) is 20.2. The Hall–Kier alpha value is -2.92. The molecule has 1 N–H and O–H groups in total. The minimum absolute atomic E-state index is 0.0312. The van der Waals surface area contributed by atoms with E-state index in [4.69, 9.17) is 16.3 Å². The van der Waals surface area contributed by atoms with Crippen LogP contribution in [0.25, 0.3) is 10.9 Å². The Kier molecular flexibility index (Phi) is 6.99. The Labute approximate surface area is 200 Å². The number of ketones is 1. The highest BCUT2D eigenvalue weighted by atomic mass is 35.5. The van der Waals surface area contributed by atoms with Gasteiger partial charge in [0, 0.05) is 53.8 Å². The van der Waals surface area contributed by atoms with E-state index >= 15 is 0 Å². The molecule has 0 amide bonds. The fourth-order valence-corrected chi connectivity index (χ4v) is 5.12. The zero-order valence-corrected chi connectivity index (χ0v) is 20.0. The number of ether oxygens (including phenoxy) is 1. The van der Waals surface area contributed by atoms with Crippen LogP contribution in [-0.4, -0.2) is 39.0 Å². The molecule has 4 rings (SSSR count). The summed E-state index contributed by atoms with van der Waals surface area (Å²) in [4.78, 5) is 14.4. The van der Waals surface area contributed by atoms with Gasteiger partial charge in [0.05, 0.1) is 5.52 Å². The molecule has 33 heavy (non-hydrogen) atoms. The van der Waals surface area contributed by atoms with Crippen LogP contribution in [0.1, 0.15) is 43.5 Å². The van der Waals surface area contributed by atoms with Gasteiger partial charge in [0.2, 0.25) is 0 Å². The maximum atomic E-state index is 12.1. The molecule has 3 aromatic rings. The largest absolute Gasteiger partial charge is 0.508 e. The lowest BCUT2D eigenvalue weighted by Gasteiger charge is -2.30. The van der Waals surface area contributed by atoms with Gasteiger partial charge in [0.15, 0.2) is 5.78 Å². The summed E-state index contributed by atoms with van der Waals surface area (Å²) in [5.41, 5.74) is 1.58. The Bertz CT molecular complexity index is 1140. The van der Waals surface area contributed by atoms with E-state index in [1.807, 2.05) is 42.7 Å². The van der Waals surface area contributed by atoms with Gasteiger partial charge >= 0.3 is 0 Å². The first-order valence-corrected chi connectivity index (χ1v) is 11.9. The zero-order chi connectivity index (χ0) is 23.5. The molecule has 2 aromatic carbocycles. The smallest absolute Gasteiger partial charge is 0.161 e. The molecule has 1 aliphatic carbocycles. The van der Waals surface area contributed by atoms with Crippen molar-refractivity contribution in [1.29, 1.82) is 0 Å². The number of carbonyl (C=O) groups is 1. The highest BCUT2D eigenvalue weighted by Crippen LogP contribution is 2.33. The second-order valence-corrected chi connectivity index (χ2v) is 9.41. The van der Waals surface area contributed by atoms with Gasteiger partial charge in [-0.05, 0) is 68.3 Å². The third kappa shape index (κ3) is 5.19. The van der Waals surface area contributed by atoms with Gasteiger partial charge < -0.3 is 19.3 Å². The molecule has 5 nitrogen and oxygen atoms in total. The summed E-state index contributed by atoms with van der Waals surface area (Å²) in [5, 5.41) is 11.5. The number of fused-ring (bicyclic) bond motifs is 1. The molecule has 1 saturated carbocycles. The number of carbonyl (C=O) groups excluding carboxylic acids is 1. The molecule has 6 heteroatoms. The number of aromatic hydroxyl groups is 1. The lowest BCUT2D eigenvalue weighted by Crippen LogP contribution is -2.34. The highest BCUT2D eigenvalue weighted by molar-refractivity contribution is 6.30. The van der Waals surface area contributed by atoms with Crippen molar-refractivity contribution < 1.29 is 14.6 Å². The van der Waals surface area contributed by atoms with Gasteiger partial charge in [-0.25, -0.2) is 0 Å². The average Bonchev–Trinajstić information content (AvgIpc) is 3.33. The van der Waals surface area contributed by atoms with E-state index in [-0.39, 0.29) is 17.6 Å². The van der Waals surface area contributed by atoms with Gasteiger partial charge in [0.25, 0.3) is 0 Å². The van der Waals surface area contributed by atoms with Crippen molar-refractivity contribution in [3.63, 3.8) is 0 Å². The molecule has 3 unspecified atom stereocenters. The number of phenolic OH excluding ortho intramolecular Hbond substituents is 1. The number of aromatic nitrogens is 1. The van der Waals surface area contributed by atoms with E-state index in [2.05, 4.69) is 23.0 Å². The summed E-state index contributed by atoms with van der Waals surface area (Å²) in [6.45, 7) is 9.52. The van der Waals surface area contributed by atoms with Crippen molar-refractivity contribution in [1.82, 2.24) is 9.47 Å². The van der Waals surface area contributed by atoms with Crippen LogP contribution in [0.3, 0.4) is 0 Å². The van der Waals surface area contributed by atoms with Gasteiger partial charge in [-0.15, -0.1) is 0 Å². The molecule has 0 radical (unpaired) electrons. The number of hydrogen-bond donors (Lipinski definition) is 1. The van der Waals surface area contributed by atoms with Crippen molar-refractivity contribution in [2.24, 2.45) is 5.92 Å². The van der Waals surface area contributed by atoms with E-state index in [0.717, 1.165) is 49.0 Å². The van der Waals surface area contributed by atoms with Crippen molar-refractivity contribution >= 4 is 28.3 Å². The summed E-state index contributed by atoms with van der Waals surface area (Å²) in [6.07, 6.45) is 6.86. The van der Waals surface area contributed by atoms with E-state index in [9.17, 15) is 9.90 Å². The molecular weight excluding hydrogens is 436 g/mol. The number of benzene rings is 2. The van der Waals surface area contributed by atoms with Gasteiger partial charge in [0.1, 0.15) is 17.6 Å². The summed E-state index contributed by atoms with van der Waals surface area (Å²) in [5.74, 6) is 1.58. The number of halogens is 1. The fourth-order valence-electron chi connectivity index (χ4n) is 5.00. The van der Waals surface area contributed by atoms with Crippen LogP contribution in [0.15, 0.2) is 61.4 Å². The lowest BCUT2D eigenvalue weighted by atomic mass is 10.0. The topological polar surface area (TPSA) is 54.7 Å². The lowest BCUT2D eigenvalue weighted by molar-refractivity contribution is 0.101. The number of phenols is 1. The molecule has 0 aliphatic heterocycles. The van der Waals surface area contributed by atoms with Gasteiger partial charge in [-0.1, -0.05) is 25.1 Å². The molecular formula is C27H31ClN2O3. The second kappa shape index (κ2) is 9.92. The minimum atomic E-state index is 0.0312. The van der Waals surface area contributed by atoms with Crippen LogP contribution in [0, 0.1) is 5.92 Å². The predicted octanol–water partition coefficient (Wildman–Crippen LogP) is 6.28. The maximum Gasteiger partial charge on any atom is 0.161 e. The quantitative estimate of drug-likeness (QED) is 0.377. The van der Waals surface area contributed by atoms with Gasteiger partial charge in [-0.3, -0.25) is 4.79 Å². The average molecular weight is 467 g/mol. The van der Waals surface area contributed by atoms with Crippen molar-refractivity contribution in [3.8, 4) is 11.5 Å². The Morgan fingerprint density at radius 1 is 1.27 bits per heavy atom. The summed E-state index contributed by atoms with van der Waals surface area (Å²) in [7, 11) is 0. The number of nitrogens with zero attached hydrogens (tertiary/aromatic N) is 2. The summed E-state index contributed by atoms with van der Waals surface area (Å²) < 4.78 is 8.27. The van der Waals surface area contributed by atoms with Crippen molar-refractivity contribution in [2.75, 3.05) is 6.54 Å². The zero-order valence-electron chi connectivity index (χ0n) is 19.2. The third-order valence-corrected chi connectivity index (χ3v) is 6.89. The van der Waals surface area contributed by atoms with Crippen LogP contribution in [0.5, 0.6) is 11.5 Å². The van der Waals surface area contributed by atoms with E-state index in [1.54, 1.807) is 19.1 Å². The number of aryl methyl sites for hydroxylation is 1. The van der Waals surface area contributed by atoms with Gasteiger partial charge in [-0.2, -0.15) is 0 Å². The second-order valence-electron chi connectivity index (χ2n) is 8.98. The first kappa shape index (κ1) is 23.2. The molecule has 1 heterocycles. The molecule has 0 bridgehead atoms. The molecule has 0 saturated heterocycles.